The molecule has 0 aliphatic carbocycles. The van der Waals surface area contributed by atoms with Gasteiger partial charge in [-0.05, 0) is 51.0 Å². The maximum absolute atomic E-state index is 12.9. The Balaban J connectivity index is 1.59. The van der Waals surface area contributed by atoms with Crippen LogP contribution in [0.2, 0.25) is 0 Å². The maximum Gasteiger partial charge on any atom is 0.243 e. The normalized spacial score (nSPS) is 17.8. The molecule has 1 aliphatic rings. The first-order valence-electron chi connectivity index (χ1n) is 8.41. The van der Waals surface area contributed by atoms with E-state index in [1.165, 1.54) is 4.70 Å². The van der Waals surface area contributed by atoms with Gasteiger partial charge in [0.1, 0.15) is 11.6 Å². The van der Waals surface area contributed by atoms with Crippen molar-refractivity contribution >= 4 is 27.5 Å². The number of aryl methyl sites for hydroxylation is 2. The SMILES string of the molecule is Cc1ccc(C)n1CC(=O)N1CCC[C@H]1c1nc2ccccc2s1. The molecule has 2 aromatic heterocycles. The number of para-hydroxylation sites is 1. The van der Waals surface area contributed by atoms with E-state index in [9.17, 15) is 4.79 Å². The zero-order valence-corrected chi connectivity index (χ0v) is 14.8. The number of carbonyl (C=O) groups excluding carboxylic acids is 1. The minimum atomic E-state index is 0.131. The van der Waals surface area contributed by atoms with Crippen molar-refractivity contribution in [2.75, 3.05) is 6.54 Å². The molecule has 3 heterocycles. The van der Waals surface area contributed by atoms with Crippen molar-refractivity contribution in [1.29, 1.82) is 0 Å². The first kappa shape index (κ1) is 15.4. The molecule has 1 aliphatic heterocycles. The van der Waals surface area contributed by atoms with Crippen molar-refractivity contribution in [3.8, 4) is 0 Å². The predicted molar refractivity (Wildman–Crippen MR) is 97.2 cm³/mol. The highest BCUT2D eigenvalue weighted by atomic mass is 32.1. The summed E-state index contributed by atoms with van der Waals surface area (Å²) >= 11 is 1.72. The average Bonchev–Trinajstić information content (AvgIpc) is 3.28. The molecular weight excluding hydrogens is 318 g/mol. The Labute approximate surface area is 145 Å². The molecule has 0 N–H and O–H groups in total. The quantitative estimate of drug-likeness (QED) is 0.721. The van der Waals surface area contributed by atoms with Gasteiger partial charge in [-0.3, -0.25) is 4.79 Å². The second kappa shape index (κ2) is 6.06. The monoisotopic (exact) mass is 339 g/mol. The number of likely N-dealkylation sites (tertiary alicyclic amines) is 1. The number of hydrogen-bond donors (Lipinski definition) is 0. The lowest BCUT2D eigenvalue weighted by Gasteiger charge is -2.24. The molecular formula is C19H21N3OS. The minimum absolute atomic E-state index is 0.131. The summed E-state index contributed by atoms with van der Waals surface area (Å²) in [4.78, 5) is 19.7. The molecule has 0 saturated carbocycles. The van der Waals surface area contributed by atoms with E-state index in [1.807, 2.05) is 23.1 Å². The average molecular weight is 339 g/mol. The van der Waals surface area contributed by atoms with Crippen molar-refractivity contribution in [3.05, 3.63) is 52.8 Å². The molecule has 124 valence electrons. The van der Waals surface area contributed by atoms with E-state index in [0.717, 1.165) is 41.3 Å². The molecule has 3 aromatic rings. The number of rotatable bonds is 3. The van der Waals surface area contributed by atoms with E-state index in [-0.39, 0.29) is 11.9 Å². The summed E-state index contributed by atoms with van der Waals surface area (Å²) < 4.78 is 3.29. The topological polar surface area (TPSA) is 38.1 Å². The van der Waals surface area contributed by atoms with Gasteiger partial charge >= 0.3 is 0 Å². The van der Waals surface area contributed by atoms with E-state index in [2.05, 4.69) is 36.6 Å². The molecule has 1 amide bonds. The third-order valence-corrected chi connectivity index (χ3v) is 6.02. The summed E-state index contributed by atoms with van der Waals surface area (Å²) in [7, 11) is 0. The molecule has 0 radical (unpaired) electrons. The summed E-state index contributed by atoms with van der Waals surface area (Å²) in [6, 6.07) is 12.5. The lowest BCUT2D eigenvalue weighted by atomic mass is 10.2. The van der Waals surface area contributed by atoms with Crippen molar-refractivity contribution < 1.29 is 4.79 Å². The molecule has 1 atom stereocenters. The molecule has 1 aromatic carbocycles. The third kappa shape index (κ3) is 2.63. The number of fused-ring (bicyclic) bond motifs is 1. The van der Waals surface area contributed by atoms with Crippen LogP contribution < -0.4 is 0 Å². The fourth-order valence-electron chi connectivity index (χ4n) is 3.53. The highest BCUT2D eigenvalue weighted by Crippen LogP contribution is 2.36. The van der Waals surface area contributed by atoms with Crippen LogP contribution in [-0.2, 0) is 11.3 Å². The lowest BCUT2D eigenvalue weighted by Crippen LogP contribution is -2.33. The van der Waals surface area contributed by atoms with Gasteiger partial charge in [-0.25, -0.2) is 4.98 Å². The van der Waals surface area contributed by atoms with Crippen LogP contribution in [-0.4, -0.2) is 26.9 Å². The fraction of sp³-hybridized carbons (Fsp3) is 0.368. The Morgan fingerprint density at radius 3 is 2.71 bits per heavy atom. The summed E-state index contributed by atoms with van der Waals surface area (Å²) in [6.45, 7) is 5.36. The standard InChI is InChI=1S/C19H21N3OS/c1-13-9-10-14(2)22(13)12-18(23)21-11-5-7-16(21)19-20-15-6-3-4-8-17(15)24-19/h3-4,6,8-10,16H,5,7,11-12H2,1-2H3/t16-/m0/s1. The zero-order chi connectivity index (χ0) is 16.7. The summed E-state index contributed by atoms with van der Waals surface area (Å²) in [5.74, 6) is 0.194. The molecule has 0 spiro atoms. The van der Waals surface area contributed by atoms with E-state index >= 15 is 0 Å². The van der Waals surface area contributed by atoms with Gasteiger partial charge < -0.3 is 9.47 Å². The Kier molecular flexibility index (Phi) is 3.88. The summed E-state index contributed by atoms with van der Waals surface area (Å²) in [5.41, 5.74) is 3.31. The van der Waals surface area contributed by atoms with Gasteiger partial charge in [0.25, 0.3) is 0 Å². The molecule has 1 fully saturated rings. The van der Waals surface area contributed by atoms with E-state index < -0.39 is 0 Å². The van der Waals surface area contributed by atoms with Crippen molar-refractivity contribution in [2.45, 2.75) is 39.3 Å². The minimum Gasteiger partial charge on any atom is -0.340 e. The number of amides is 1. The fourth-order valence-corrected chi connectivity index (χ4v) is 4.64. The first-order valence-corrected chi connectivity index (χ1v) is 9.23. The van der Waals surface area contributed by atoms with E-state index in [1.54, 1.807) is 11.3 Å². The van der Waals surface area contributed by atoms with Gasteiger partial charge in [-0.2, -0.15) is 0 Å². The second-order valence-electron chi connectivity index (χ2n) is 6.47. The molecule has 0 unspecified atom stereocenters. The van der Waals surface area contributed by atoms with Gasteiger partial charge in [-0.15, -0.1) is 11.3 Å². The van der Waals surface area contributed by atoms with Crippen molar-refractivity contribution in [2.24, 2.45) is 0 Å². The van der Waals surface area contributed by atoms with Gasteiger partial charge in [0.05, 0.1) is 16.3 Å². The Hall–Kier alpha value is -2.14. The lowest BCUT2D eigenvalue weighted by molar-refractivity contribution is -0.132. The Morgan fingerprint density at radius 2 is 1.96 bits per heavy atom. The van der Waals surface area contributed by atoms with Crippen molar-refractivity contribution in [1.82, 2.24) is 14.5 Å². The molecule has 0 bridgehead atoms. The number of thiazole rings is 1. The Morgan fingerprint density at radius 1 is 1.21 bits per heavy atom. The summed E-state index contributed by atoms with van der Waals surface area (Å²) in [5, 5.41) is 1.07. The smallest absolute Gasteiger partial charge is 0.243 e. The van der Waals surface area contributed by atoms with E-state index in [4.69, 9.17) is 4.98 Å². The first-order chi connectivity index (χ1) is 11.6. The number of benzene rings is 1. The predicted octanol–water partition coefficient (Wildman–Crippen LogP) is 4.08. The van der Waals surface area contributed by atoms with E-state index in [0.29, 0.717) is 6.54 Å². The number of carbonyl (C=O) groups is 1. The van der Waals surface area contributed by atoms with Crippen LogP contribution in [0.1, 0.15) is 35.3 Å². The number of aromatic nitrogens is 2. The van der Waals surface area contributed by atoms with Gasteiger partial charge in [0.15, 0.2) is 0 Å². The van der Waals surface area contributed by atoms with Crippen LogP contribution in [0.25, 0.3) is 10.2 Å². The van der Waals surface area contributed by atoms with Crippen LogP contribution in [0, 0.1) is 13.8 Å². The summed E-state index contributed by atoms with van der Waals surface area (Å²) in [6.07, 6.45) is 2.06. The highest BCUT2D eigenvalue weighted by Gasteiger charge is 2.32. The Bertz CT molecular complexity index is 843. The van der Waals surface area contributed by atoms with Crippen LogP contribution in [0.4, 0.5) is 0 Å². The number of hydrogen-bond acceptors (Lipinski definition) is 3. The van der Waals surface area contributed by atoms with Gasteiger partial charge in [-0.1, -0.05) is 12.1 Å². The van der Waals surface area contributed by atoms with Crippen molar-refractivity contribution in [3.63, 3.8) is 0 Å². The zero-order valence-electron chi connectivity index (χ0n) is 14.0. The largest absolute Gasteiger partial charge is 0.340 e. The highest BCUT2D eigenvalue weighted by molar-refractivity contribution is 7.18. The van der Waals surface area contributed by atoms with Crippen LogP contribution in [0.5, 0.6) is 0 Å². The molecule has 4 rings (SSSR count). The molecule has 4 nitrogen and oxygen atoms in total. The van der Waals surface area contributed by atoms with Crippen LogP contribution in [0.15, 0.2) is 36.4 Å². The second-order valence-corrected chi connectivity index (χ2v) is 7.53. The number of nitrogens with zero attached hydrogens (tertiary/aromatic N) is 3. The van der Waals surface area contributed by atoms with Crippen LogP contribution in [0.3, 0.4) is 0 Å². The van der Waals surface area contributed by atoms with Crippen LogP contribution >= 0.6 is 11.3 Å². The third-order valence-electron chi connectivity index (χ3n) is 4.88. The molecule has 1 saturated heterocycles. The van der Waals surface area contributed by atoms with Gasteiger partial charge in [0.2, 0.25) is 5.91 Å². The molecule has 24 heavy (non-hydrogen) atoms. The maximum atomic E-state index is 12.9. The van der Waals surface area contributed by atoms with Gasteiger partial charge in [0, 0.05) is 17.9 Å². The molecule has 5 heteroatoms.